The van der Waals surface area contributed by atoms with Crippen LogP contribution in [0.25, 0.3) is 0 Å². The van der Waals surface area contributed by atoms with Crippen molar-refractivity contribution in [3.63, 3.8) is 0 Å². The number of aryl methyl sites for hydroxylation is 1. The molecule has 1 heterocycles. The van der Waals surface area contributed by atoms with E-state index in [1.807, 2.05) is 19.3 Å². The number of likely N-dealkylation sites (N-methyl/N-ethyl adjacent to an activating group) is 1. The summed E-state index contributed by atoms with van der Waals surface area (Å²) in [4.78, 5) is 6.98. The van der Waals surface area contributed by atoms with Gasteiger partial charge in [-0.3, -0.25) is 0 Å². The molecular formula is C10H18N4S. The zero-order valence-corrected chi connectivity index (χ0v) is 10.1. The average molecular weight is 226 g/mol. The lowest BCUT2D eigenvalue weighted by Crippen LogP contribution is -2.27. The van der Waals surface area contributed by atoms with Gasteiger partial charge in [-0.25, -0.2) is 4.98 Å². The van der Waals surface area contributed by atoms with E-state index < -0.39 is 0 Å². The van der Waals surface area contributed by atoms with E-state index in [9.17, 15) is 0 Å². The third-order valence-electron chi connectivity index (χ3n) is 2.39. The second-order valence-electron chi connectivity index (χ2n) is 3.69. The summed E-state index contributed by atoms with van der Waals surface area (Å²) in [7, 11) is 2.07. The van der Waals surface area contributed by atoms with Crippen LogP contribution in [0.1, 0.15) is 12.2 Å². The molecule has 5 heteroatoms. The van der Waals surface area contributed by atoms with Gasteiger partial charge in [-0.15, -0.1) is 0 Å². The van der Waals surface area contributed by atoms with E-state index in [-0.39, 0.29) is 0 Å². The van der Waals surface area contributed by atoms with Crippen molar-refractivity contribution in [1.29, 1.82) is 0 Å². The van der Waals surface area contributed by atoms with Crippen LogP contribution in [-0.4, -0.2) is 39.6 Å². The van der Waals surface area contributed by atoms with E-state index in [4.69, 9.17) is 18.0 Å². The Morgan fingerprint density at radius 2 is 2.33 bits per heavy atom. The molecule has 84 valence electrons. The van der Waals surface area contributed by atoms with Crippen LogP contribution in [0.5, 0.6) is 0 Å². The van der Waals surface area contributed by atoms with Crippen LogP contribution in [0.4, 0.5) is 0 Å². The minimum Gasteiger partial charge on any atom is -0.393 e. The molecule has 0 saturated heterocycles. The van der Waals surface area contributed by atoms with Gasteiger partial charge < -0.3 is 15.2 Å². The molecule has 1 rings (SSSR count). The van der Waals surface area contributed by atoms with E-state index in [0.717, 1.165) is 31.9 Å². The maximum Gasteiger partial charge on any atom is 0.105 e. The molecule has 4 nitrogen and oxygen atoms in total. The highest BCUT2D eigenvalue weighted by molar-refractivity contribution is 7.80. The van der Waals surface area contributed by atoms with Gasteiger partial charge in [0.05, 0.1) is 4.99 Å². The van der Waals surface area contributed by atoms with Crippen LogP contribution in [0.15, 0.2) is 12.4 Å². The maximum absolute atomic E-state index is 5.45. The molecule has 15 heavy (non-hydrogen) atoms. The van der Waals surface area contributed by atoms with Gasteiger partial charge in [-0.05, 0) is 14.0 Å². The lowest BCUT2D eigenvalue weighted by Gasteiger charge is -2.16. The highest BCUT2D eigenvalue weighted by atomic mass is 32.1. The Kier molecular flexibility index (Phi) is 4.71. The highest BCUT2D eigenvalue weighted by Gasteiger charge is 2.01. The van der Waals surface area contributed by atoms with E-state index in [0.29, 0.717) is 4.99 Å². The molecular weight excluding hydrogens is 208 g/mol. The summed E-state index contributed by atoms with van der Waals surface area (Å²) in [5.74, 6) is 1.05. The van der Waals surface area contributed by atoms with Crippen LogP contribution in [0, 0.1) is 6.92 Å². The largest absolute Gasteiger partial charge is 0.393 e. The molecule has 1 aromatic heterocycles. The number of nitrogens with zero attached hydrogens (tertiary/aromatic N) is 3. The summed E-state index contributed by atoms with van der Waals surface area (Å²) in [5.41, 5.74) is 5.45. The first-order chi connectivity index (χ1) is 7.09. The third-order valence-corrected chi connectivity index (χ3v) is 2.59. The number of aromatic nitrogens is 2. The van der Waals surface area contributed by atoms with Crippen LogP contribution in [0.2, 0.25) is 0 Å². The molecule has 0 bridgehead atoms. The molecule has 2 N–H and O–H groups in total. The molecule has 0 aliphatic heterocycles. The number of rotatable bonds is 6. The van der Waals surface area contributed by atoms with Crippen molar-refractivity contribution in [3.8, 4) is 0 Å². The van der Waals surface area contributed by atoms with Crippen molar-refractivity contribution < 1.29 is 0 Å². The van der Waals surface area contributed by atoms with Crippen molar-refractivity contribution in [3.05, 3.63) is 18.2 Å². The number of nitrogens with two attached hydrogens (primary N) is 1. The van der Waals surface area contributed by atoms with Crippen LogP contribution in [-0.2, 0) is 6.54 Å². The van der Waals surface area contributed by atoms with Crippen molar-refractivity contribution in [2.24, 2.45) is 5.73 Å². The Morgan fingerprint density at radius 3 is 2.87 bits per heavy atom. The Labute approximate surface area is 96.1 Å². The average Bonchev–Trinajstić information content (AvgIpc) is 2.58. The molecule has 0 amide bonds. The summed E-state index contributed by atoms with van der Waals surface area (Å²) in [6.07, 6.45) is 4.61. The van der Waals surface area contributed by atoms with E-state index in [2.05, 4.69) is 21.5 Å². The van der Waals surface area contributed by atoms with Gasteiger partial charge in [0.1, 0.15) is 5.82 Å². The van der Waals surface area contributed by atoms with Gasteiger partial charge in [0.15, 0.2) is 0 Å². The summed E-state index contributed by atoms with van der Waals surface area (Å²) < 4.78 is 2.14. The predicted octanol–water partition coefficient (Wildman–Crippen LogP) is 0.800. The zero-order valence-electron chi connectivity index (χ0n) is 9.31. The lowest BCUT2D eigenvalue weighted by molar-refractivity contribution is 0.326. The second-order valence-corrected chi connectivity index (χ2v) is 4.21. The zero-order chi connectivity index (χ0) is 11.3. The first-order valence-electron chi connectivity index (χ1n) is 5.04. The van der Waals surface area contributed by atoms with Gasteiger partial charge in [0.2, 0.25) is 0 Å². The highest BCUT2D eigenvalue weighted by Crippen LogP contribution is 1.96. The van der Waals surface area contributed by atoms with Crippen LogP contribution in [0.3, 0.4) is 0 Å². The Bertz CT molecular complexity index is 321. The van der Waals surface area contributed by atoms with Crippen LogP contribution >= 0.6 is 12.2 Å². The van der Waals surface area contributed by atoms with Gasteiger partial charge in [-0.2, -0.15) is 0 Å². The van der Waals surface area contributed by atoms with Crippen molar-refractivity contribution >= 4 is 17.2 Å². The topological polar surface area (TPSA) is 47.1 Å². The van der Waals surface area contributed by atoms with Gasteiger partial charge in [-0.1, -0.05) is 12.2 Å². The Balaban J connectivity index is 2.25. The molecule has 0 spiro atoms. The fourth-order valence-electron chi connectivity index (χ4n) is 1.33. The minimum atomic E-state index is 0.584. The third kappa shape index (κ3) is 4.40. The van der Waals surface area contributed by atoms with Crippen molar-refractivity contribution in [2.75, 3.05) is 20.1 Å². The molecule has 1 aromatic rings. The predicted molar refractivity (Wildman–Crippen MR) is 65.9 cm³/mol. The quantitative estimate of drug-likeness (QED) is 0.729. The molecule has 0 unspecified atom stereocenters. The number of thiocarbonyl (C=S) groups is 1. The normalized spacial score (nSPS) is 10.9. The summed E-state index contributed by atoms with van der Waals surface area (Å²) in [6, 6.07) is 0. The van der Waals surface area contributed by atoms with Crippen LogP contribution < -0.4 is 5.73 Å². The van der Waals surface area contributed by atoms with E-state index >= 15 is 0 Å². The summed E-state index contributed by atoms with van der Waals surface area (Å²) in [5, 5.41) is 0. The molecule has 0 atom stereocenters. The fraction of sp³-hybridized carbons (Fsp3) is 0.600. The fourth-order valence-corrected chi connectivity index (χ4v) is 1.42. The molecule has 0 radical (unpaired) electrons. The second kappa shape index (κ2) is 5.82. The number of hydrogen-bond donors (Lipinski definition) is 1. The molecule has 0 fully saturated rings. The van der Waals surface area contributed by atoms with Gasteiger partial charge >= 0.3 is 0 Å². The molecule has 0 aliphatic rings. The monoisotopic (exact) mass is 226 g/mol. The van der Waals surface area contributed by atoms with Crippen molar-refractivity contribution in [2.45, 2.75) is 19.9 Å². The van der Waals surface area contributed by atoms with E-state index in [1.165, 1.54) is 0 Å². The summed E-state index contributed by atoms with van der Waals surface area (Å²) >= 11 is 4.83. The first-order valence-corrected chi connectivity index (χ1v) is 5.45. The number of imidazole rings is 1. The molecule has 0 aliphatic carbocycles. The maximum atomic E-state index is 5.45. The van der Waals surface area contributed by atoms with Crippen molar-refractivity contribution in [1.82, 2.24) is 14.5 Å². The lowest BCUT2D eigenvalue weighted by atomic mass is 10.4. The Morgan fingerprint density at radius 1 is 1.60 bits per heavy atom. The minimum absolute atomic E-state index is 0.584. The first kappa shape index (κ1) is 12.1. The molecule has 0 aromatic carbocycles. The van der Waals surface area contributed by atoms with Gasteiger partial charge in [0, 0.05) is 38.4 Å². The Hall–Kier alpha value is -0.940. The number of hydrogen-bond acceptors (Lipinski definition) is 3. The SMILES string of the molecule is Cc1nccn1CCN(C)CCC(N)=S. The molecule has 0 saturated carbocycles. The summed E-state index contributed by atoms with van der Waals surface area (Å²) in [6.45, 7) is 4.87. The smallest absolute Gasteiger partial charge is 0.105 e. The standard InChI is InChI=1S/C10H18N4S/c1-9-12-4-6-14(9)8-7-13(2)5-3-10(11)15/h4,6H,3,5,7-8H2,1-2H3,(H2,11,15). The van der Waals surface area contributed by atoms with E-state index in [1.54, 1.807) is 0 Å². The van der Waals surface area contributed by atoms with Gasteiger partial charge in [0.25, 0.3) is 0 Å².